The van der Waals surface area contributed by atoms with Crippen molar-refractivity contribution in [3.8, 4) is 5.75 Å². The number of methoxy groups -OCH3 is 1. The van der Waals surface area contributed by atoms with E-state index in [1.165, 1.54) is 5.56 Å². The van der Waals surface area contributed by atoms with E-state index in [9.17, 15) is 0 Å². The molecule has 0 radical (unpaired) electrons. The molecular weight excluding hydrogens is 236 g/mol. The molecule has 1 atom stereocenters. The maximum atomic E-state index is 5.93. The van der Waals surface area contributed by atoms with Crippen molar-refractivity contribution >= 4 is 0 Å². The molecule has 0 aliphatic carbocycles. The lowest BCUT2D eigenvalue weighted by Gasteiger charge is -2.32. The average Bonchev–Trinajstić information content (AvgIpc) is 2.35. The normalized spacial score (nSPS) is 13.6. The molecule has 1 aromatic rings. The van der Waals surface area contributed by atoms with Crippen LogP contribution in [0.4, 0.5) is 0 Å². The first-order chi connectivity index (χ1) is 8.87. The highest BCUT2D eigenvalue weighted by molar-refractivity contribution is 5.33. The van der Waals surface area contributed by atoms with E-state index < -0.39 is 0 Å². The van der Waals surface area contributed by atoms with E-state index in [0.717, 1.165) is 18.7 Å². The van der Waals surface area contributed by atoms with Crippen LogP contribution in [0.15, 0.2) is 24.3 Å². The molecule has 19 heavy (non-hydrogen) atoms. The van der Waals surface area contributed by atoms with Crippen molar-refractivity contribution < 1.29 is 4.74 Å². The topological polar surface area (TPSA) is 38.5 Å². The molecule has 2 N–H and O–H groups in total. The molecule has 0 amide bonds. The maximum Gasteiger partial charge on any atom is 0.123 e. The standard InChI is InChI=1S/C16H28N2O/c1-16(2,3)10-14(11-17)18(4)12-13-8-6-7-9-15(13)19-5/h6-9,14H,10-12,17H2,1-5H3. The highest BCUT2D eigenvalue weighted by Gasteiger charge is 2.21. The zero-order valence-corrected chi connectivity index (χ0v) is 12.9. The molecule has 0 spiro atoms. The first-order valence-electron chi connectivity index (χ1n) is 6.89. The van der Waals surface area contributed by atoms with Crippen molar-refractivity contribution in [1.29, 1.82) is 0 Å². The Morgan fingerprint density at radius 2 is 1.89 bits per heavy atom. The molecule has 0 aliphatic rings. The van der Waals surface area contributed by atoms with Crippen LogP contribution in [0.25, 0.3) is 0 Å². The molecule has 1 unspecified atom stereocenters. The van der Waals surface area contributed by atoms with E-state index in [2.05, 4.69) is 38.8 Å². The Morgan fingerprint density at radius 3 is 2.42 bits per heavy atom. The molecule has 0 aromatic heterocycles. The van der Waals surface area contributed by atoms with Gasteiger partial charge in [-0.15, -0.1) is 0 Å². The van der Waals surface area contributed by atoms with Crippen molar-refractivity contribution in [2.75, 3.05) is 20.7 Å². The lowest BCUT2D eigenvalue weighted by Crippen LogP contribution is -2.40. The van der Waals surface area contributed by atoms with Gasteiger partial charge in [-0.25, -0.2) is 0 Å². The van der Waals surface area contributed by atoms with Gasteiger partial charge in [0.25, 0.3) is 0 Å². The zero-order chi connectivity index (χ0) is 14.5. The Morgan fingerprint density at radius 1 is 1.26 bits per heavy atom. The minimum atomic E-state index is 0.291. The fourth-order valence-corrected chi connectivity index (χ4v) is 2.36. The van der Waals surface area contributed by atoms with Gasteiger partial charge in [0.15, 0.2) is 0 Å². The van der Waals surface area contributed by atoms with Gasteiger partial charge in [-0.1, -0.05) is 39.0 Å². The van der Waals surface area contributed by atoms with Gasteiger partial charge in [0.05, 0.1) is 7.11 Å². The number of rotatable bonds is 6. The van der Waals surface area contributed by atoms with Gasteiger partial charge in [-0.3, -0.25) is 4.90 Å². The van der Waals surface area contributed by atoms with Crippen LogP contribution in [-0.4, -0.2) is 31.6 Å². The van der Waals surface area contributed by atoms with Crippen LogP contribution < -0.4 is 10.5 Å². The Bertz CT molecular complexity index is 385. The third-order valence-corrected chi connectivity index (χ3v) is 3.36. The second-order valence-corrected chi connectivity index (χ2v) is 6.38. The fraction of sp³-hybridized carbons (Fsp3) is 0.625. The van der Waals surface area contributed by atoms with Crippen molar-refractivity contribution in [2.24, 2.45) is 11.1 Å². The van der Waals surface area contributed by atoms with Crippen LogP contribution in [0.1, 0.15) is 32.8 Å². The average molecular weight is 264 g/mol. The number of ether oxygens (including phenoxy) is 1. The Hall–Kier alpha value is -1.06. The van der Waals surface area contributed by atoms with Gasteiger partial charge in [0.1, 0.15) is 5.75 Å². The predicted molar refractivity (Wildman–Crippen MR) is 81.4 cm³/mol. The monoisotopic (exact) mass is 264 g/mol. The largest absolute Gasteiger partial charge is 0.496 e. The fourth-order valence-electron chi connectivity index (χ4n) is 2.36. The molecule has 0 bridgehead atoms. The highest BCUT2D eigenvalue weighted by atomic mass is 16.5. The highest BCUT2D eigenvalue weighted by Crippen LogP contribution is 2.25. The van der Waals surface area contributed by atoms with Crippen molar-refractivity contribution in [3.63, 3.8) is 0 Å². The number of nitrogens with zero attached hydrogens (tertiary/aromatic N) is 1. The third-order valence-electron chi connectivity index (χ3n) is 3.36. The summed E-state index contributed by atoms with van der Waals surface area (Å²) in [4.78, 5) is 2.32. The van der Waals surface area contributed by atoms with Crippen LogP contribution in [0.5, 0.6) is 5.75 Å². The molecule has 3 nitrogen and oxygen atoms in total. The molecular formula is C16H28N2O. The van der Waals surface area contributed by atoms with Crippen LogP contribution in [0.3, 0.4) is 0 Å². The van der Waals surface area contributed by atoms with E-state index in [-0.39, 0.29) is 0 Å². The number of nitrogens with two attached hydrogens (primary N) is 1. The SMILES string of the molecule is COc1ccccc1CN(C)C(CN)CC(C)(C)C. The zero-order valence-electron chi connectivity index (χ0n) is 12.9. The first-order valence-corrected chi connectivity index (χ1v) is 6.89. The molecule has 0 saturated carbocycles. The van der Waals surface area contributed by atoms with Crippen molar-refractivity contribution in [3.05, 3.63) is 29.8 Å². The van der Waals surface area contributed by atoms with Crippen molar-refractivity contribution in [1.82, 2.24) is 4.90 Å². The molecule has 108 valence electrons. The summed E-state index contributed by atoms with van der Waals surface area (Å²) >= 11 is 0. The van der Waals surface area contributed by atoms with E-state index >= 15 is 0 Å². The van der Waals surface area contributed by atoms with Crippen LogP contribution >= 0.6 is 0 Å². The van der Waals surface area contributed by atoms with Gasteiger partial charge in [-0.05, 0) is 24.9 Å². The summed E-state index contributed by atoms with van der Waals surface area (Å²) in [5, 5.41) is 0. The van der Waals surface area contributed by atoms with Crippen molar-refractivity contribution in [2.45, 2.75) is 39.8 Å². The van der Waals surface area contributed by atoms with Gasteiger partial charge < -0.3 is 10.5 Å². The van der Waals surface area contributed by atoms with E-state index in [4.69, 9.17) is 10.5 Å². The van der Waals surface area contributed by atoms with Crippen LogP contribution in [0, 0.1) is 5.41 Å². The van der Waals surface area contributed by atoms with Crippen LogP contribution in [-0.2, 0) is 6.54 Å². The number of benzene rings is 1. The smallest absolute Gasteiger partial charge is 0.123 e. The van der Waals surface area contributed by atoms with E-state index in [0.29, 0.717) is 18.0 Å². The summed E-state index contributed by atoms with van der Waals surface area (Å²) < 4.78 is 5.40. The lowest BCUT2D eigenvalue weighted by atomic mass is 9.87. The summed E-state index contributed by atoms with van der Waals surface area (Å²) in [6.07, 6.45) is 1.09. The predicted octanol–water partition coefficient (Wildman–Crippen LogP) is 2.89. The molecule has 3 heteroatoms. The van der Waals surface area contributed by atoms with Gasteiger partial charge in [-0.2, -0.15) is 0 Å². The molecule has 1 aromatic carbocycles. The Kier molecular flexibility index (Phi) is 5.83. The van der Waals surface area contributed by atoms with Gasteiger partial charge in [0, 0.05) is 24.7 Å². The Balaban J connectivity index is 2.74. The quantitative estimate of drug-likeness (QED) is 0.858. The third kappa shape index (κ3) is 5.21. The summed E-state index contributed by atoms with van der Waals surface area (Å²) in [7, 11) is 3.85. The van der Waals surface area contributed by atoms with E-state index in [1.807, 2.05) is 18.2 Å². The summed E-state index contributed by atoms with van der Waals surface area (Å²) in [5.74, 6) is 0.945. The Labute approximate surface area is 117 Å². The van der Waals surface area contributed by atoms with E-state index in [1.54, 1.807) is 7.11 Å². The van der Waals surface area contributed by atoms with Gasteiger partial charge in [0.2, 0.25) is 0 Å². The summed E-state index contributed by atoms with van der Waals surface area (Å²) in [6, 6.07) is 8.56. The second-order valence-electron chi connectivity index (χ2n) is 6.38. The minimum absolute atomic E-state index is 0.291. The number of hydrogen-bond donors (Lipinski definition) is 1. The summed E-state index contributed by atoms with van der Waals surface area (Å²) in [5.41, 5.74) is 7.43. The van der Waals surface area contributed by atoms with Gasteiger partial charge >= 0.3 is 0 Å². The molecule has 0 heterocycles. The molecule has 1 rings (SSSR count). The lowest BCUT2D eigenvalue weighted by molar-refractivity contribution is 0.176. The maximum absolute atomic E-state index is 5.93. The number of likely N-dealkylation sites (N-methyl/N-ethyl adjacent to an activating group) is 1. The molecule has 0 aliphatic heterocycles. The number of hydrogen-bond acceptors (Lipinski definition) is 3. The first kappa shape index (κ1) is 16.0. The minimum Gasteiger partial charge on any atom is -0.496 e. The summed E-state index contributed by atoms with van der Waals surface area (Å²) in [6.45, 7) is 8.32. The number of para-hydroxylation sites is 1. The second kappa shape index (κ2) is 6.92. The molecule has 0 saturated heterocycles. The molecule has 0 fully saturated rings. The van der Waals surface area contributed by atoms with Crippen LogP contribution in [0.2, 0.25) is 0 Å².